The van der Waals surface area contributed by atoms with E-state index in [1.165, 1.54) is 4.90 Å². The molecule has 2 amide bonds. The van der Waals surface area contributed by atoms with Crippen LogP contribution in [0.5, 0.6) is 0 Å². The van der Waals surface area contributed by atoms with Crippen LogP contribution in [0.4, 0.5) is 5.69 Å². The minimum Gasteiger partial charge on any atom is -0.357 e. The summed E-state index contributed by atoms with van der Waals surface area (Å²) in [6.45, 7) is 0.875. The molecule has 5 rings (SSSR count). The smallest absolute Gasteiger partial charge is 0.241 e. The van der Waals surface area contributed by atoms with Gasteiger partial charge in [-0.1, -0.05) is 6.08 Å². The van der Waals surface area contributed by atoms with Gasteiger partial charge in [0.2, 0.25) is 11.8 Å². The first-order valence-corrected chi connectivity index (χ1v) is 8.14. The maximum atomic E-state index is 13.1. The van der Waals surface area contributed by atoms with Crippen molar-refractivity contribution in [1.29, 1.82) is 5.26 Å². The zero-order valence-corrected chi connectivity index (χ0v) is 13.1. The molecule has 7 nitrogen and oxygen atoms in total. The zero-order valence-electron chi connectivity index (χ0n) is 13.1. The summed E-state index contributed by atoms with van der Waals surface area (Å²) >= 11 is 0. The van der Waals surface area contributed by atoms with E-state index in [2.05, 4.69) is 0 Å². The van der Waals surface area contributed by atoms with E-state index in [0.29, 0.717) is 24.5 Å². The highest BCUT2D eigenvalue weighted by molar-refractivity contribution is 6.23. The number of anilines is 1. The number of hydrogen-bond donors (Lipinski definition) is 0. The van der Waals surface area contributed by atoms with Crippen LogP contribution in [0, 0.1) is 23.2 Å². The molecule has 0 aromatic heterocycles. The van der Waals surface area contributed by atoms with Gasteiger partial charge in [-0.15, -0.1) is 0 Å². The van der Waals surface area contributed by atoms with Crippen LogP contribution in [0.3, 0.4) is 0 Å². The lowest BCUT2D eigenvalue weighted by molar-refractivity contribution is -0.180. The SMILES string of the molecule is N#Cc1ccc(N2C(=O)[C@H]3[C@@H](C2=O)[C@@]2(C4OCCO4)C=C[C@H]3O2)cc1. The van der Waals surface area contributed by atoms with Crippen LogP contribution < -0.4 is 4.90 Å². The number of ether oxygens (including phenoxy) is 3. The second kappa shape index (κ2) is 4.99. The summed E-state index contributed by atoms with van der Waals surface area (Å²) < 4.78 is 17.2. The lowest BCUT2D eigenvalue weighted by Gasteiger charge is -2.32. The van der Waals surface area contributed by atoms with Gasteiger partial charge in [0.05, 0.1) is 48.5 Å². The van der Waals surface area contributed by atoms with Crippen molar-refractivity contribution in [2.75, 3.05) is 18.1 Å². The highest BCUT2D eigenvalue weighted by Gasteiger charge is 2.71. The van der Waals surface area contributed by atoms with Gasteiger partial charge in [0, 0.05) is 0 Å². The van der Waals surface area contributed by atoms with Gasteiger partial charge < -0.3 is 14.2 Å². The van der Waals surface area contributed by atoms with Crippen LogP contribution >= 0.6 is 0 Å². The van der Waals surface area contributed by atoms with E-state index in [9.17, 15) is 9.59 Å². The van der Waals surface area contributed by atoms with Crippen LogP contribution in [-0.4, -0.2) is 43.0 Å². The van der Waals surface area contributed by atoms with Crippen molar-refractivity contribution >= 4 is 17.5 Å². The van der Waals surface area contributed by atoms with Gasteiger partial charge >= 0.3 is 0 Å². The van der Waals surface area contributed by atoms with Gasteiger partial charge in [-0.05, 0) is 30.3 Å². The largest absolute Gasteiger partial charge is 0.357 e. The maximum absolute atomic E-state index is 13.1. The number of carbonyl (C=O) groups excluding carboxylic acids is 2. The van der Waals surface area contributed by atoms with Crippen molar-refractivity contribution in [2.45, 2.75) is 18.0 Å². The molecule has 0 N–H and O–H groups in total. The van der Waals surface area contributed by atoms with Crippen molar-refractivity contribution in [3.63, 3.8) is 0 Å². The predicted octanol–water partition coefficient (Wildman–Crippen LogP) is 0.744. The Morgan fingerprint density at radius 2 is 1.84 bits per heavy atom. The third-order valence-corrected chi connectivity index (χ3v) is 5.32. The summed E-state index contributed by atoms with van der Waals surface area (Å²) in [5.41, 5.74) is -0.108. The summed E-state index contributed by atoms with van der Waals surface area (Å²) in [6.07, 6.45) is 2.50. The van der Waals surface area contributed by atoms with Gasteiger partial charge in [0.15, 0.2) is 11.9 Å². The third kappa shape index (κ3) is 1.79. The standard InChI is InChI=1S/C18H14N2O5/c19-9-10-1-3-11(4-2-10)20-15(21)13-12-5-6-18(25-12,14(13)16(20)22)17-23-7-8-24-17/h1-6,12-14,17H,7-8H2/t12-,13-,14+,18-/m1/s1. The third-order valence-electron chi connectivity index (χ3n) is 5.32. The molecule has 0 radical (unpaired) electrons. The van der Waals surface area contributed by atoms with Gasteiger partial charge in [0.25, 0.3) is 0 Å². The van der Waals surface area contributed by atoms with Gasteiger partial charge in [-0.3, -0.25) is 9.59 Å². The second-order valence-electron chi connectivity index (χ2n) is 6.54. The first-order chi connectivity index (χ1) is 12.2. The molecule has 126 valence electrons. The molecule has 0 aliphatic carbocycles. The number of nitrogens with zero attached hydrogens (tertiary/aromatic N) is 2. The first-order valence-electron chi connectivity index (χ1n) is 8.14. The maximum Gasteiger partial charge on any atom is 0.241 e. The molecule has 7 heteroatoms. The number of amides is 2. The number of fused-ring (bicyclic) bond motifs is 5. The number of hydrogen-bond acceptors (Lipinski definition) is 6. The molecule has 1 aromatic carbocycles. The minimum atomic E-state index is -1.04. The molecule has 2 bridgehead atoms. The predicted molar refractivity (Wildman–Crippen MR) is 83.1 cm³/mol. The molecule has 3 fully saturated rings. The molecule has 0 saturated carbocycles. The fraction of sp³-hybridized carbons (Fsp3) is 0.389. The lowest BCUT2D eigenvalue weighted by atomic mass is 9.76. The molecular weight excluding hydrogens is 324 g/mol. The van der Waals surface area contributed by atoms with Crippen LogP contribution in [0.25, 0.3) is 0 Å². The van der Waals surface area contributed by atoms with E-state index in [0.717, 1.165) is 0 Å². The molecule has 4 heterocycles. The van der Waals surface area contributed by atoms with Crippen LogP contribution in [0.15, 0.2) is 36.4 Å². The van der Waals surface area contributed by atoms with E-state index in [-0.39, 0.29) is 11.8 Å². The highest BCUT2D eigenvalue weighted by atomic mass is 16.7. The molecule has 0 unspecified atom stereocenters. The Balaban J connectivity index is 1.54. The van der Waals surface area contributed by atoms with Crippen LogP contribution in [0.2, 0.25) is 0 Å². The molecule has 25 heavy (non-hydrogen) atoms. The normalized spacial score (nSPS) is 36.3. The number of rotatable bonds is 2. The lowest BCUT2D eigenvalue weighted by Crippen LogP contribution is -2.49. The van der Waals surface area contributed by atoms with E-state index < -0.39 is 29.8 Å². The average Bonchev–Trinajstić information content (AvgIpc) is 3.39. The summed E-state index contributed by atoms with van der Waals surface area (Å²) in [6, 6.07) is 8.43. The number of nitriles is 1. The molecule has 3 saturated heterocycles. The minimum absolute atomic E-state index is 0.283. The quantitative estimate of drug-likeness (QED) is 0.584. The Morgan fingerprint density at radius 1 is 1.12 bits per heavy atom. The highest BCUT2D eigenvalue weighted by Crippen LogP contribution is 2.55. The van der Waals surface area contributed by atoms with Crippen molar-refractivity contribution in [3.8, 4) is 6.07 Å². The Hall–Kier alpha value is -2.53. The van der Waals surface area contributed by atoms with Crippen molar-refractivity contribution in [3.05, 3.63) is 42.0 Å². The van der Waals surface area contributed by atoms with Gasteiger partial charge in [-0.25, -0.2) is 4.90 Å². The fourth-order valence-corrected chi connectivity index (χ4v) is 4.27. The molecule has 4 aliphatic rings. The zero-order chi connectivity index (χ0) is 17.2. The van der Waals surface area contributed by atoms with Crippen LogP contribution in [0.1, 0.15) is 5.56 Å². The summed E-state index contributed by atoms with van der Waals surface area (Å²) in [5.74, 6) is -1.82. The van der Waals surface area contributed by atoms with Crippen molar-refractivity contribution in [2.24, 2.45) is 11.8 Å². The van der Waals surface area contributed by atoms with E-state index in [1.54, 1.807) is 24.3 Å². The number of carbonyl (C=O) groups is 2. The van der Waals surface area contributed by atoms with Crippen molar-refractivity contribution in [1.82, 2.24) is 0 Å². The van der Waals surface area contributed by atoms with Crippen LogP contribution in [-0.2, 0) is 23.8 Å². The summed E-state index contributed by atoms with van der Waals surface area (Å²) in [7, 11) is 0. The van der Waals surface area contributed by atoms with E-state index >= 15 is 0 Å². The van der Waals surface area contributed by atoms with E-state index in [1.807, 2.05) is 18.2 Å². The number of benzene rings is 1. The molecule has 0 spiro atoms. The van der Waals surface area contributed by atoms with Gasteiger partial charge in [0.1, 0.15) is 0 Å². The molecule has 4 atom stereocenters. The Morgan fingerprint density at radius 3 is 2.52 bits per heavy atom. The Bertz CT molecular complexity index is 836. The fourth-order valence-electron chi connectivity index (χ4n) is 4.27. The molecule has 1 aromatic rings. The average molecular weight is 338 g/mol. The molecule has 4 aliphatic heterocycles. The topological polar surface area (TPSA) is 88.9 Å². The van der Waals surface area contributed by atoms with E-state index in [4.69, 9.17) is 19.5 Å². The second-order valence-corrected chi connectivity index (χ2v) is 6.54. The Labute approximate surface area is 143 Å². The van der Waals surface area contributed by atoms with Crippen molar-refractivity contribution < 1.29 is 23.8 Å². The Kier molecular flexibility index (Phi) is 2.95. The monoisotopic (exact) mass is 338 g/mol. The summed E-state index contributed by atoms with van der Waals surface area (Å²) in [5, 5.41) is 8.91. The van der Waals surface area contributed by atoms with Gasteiger partial charge in [-0.2, -0.15) is 5.26 Å². The first kappa shape index (κ1) is 14.8. The number of imide groups is 1. The summed E-state index contributed by atoms with van der Waals surface area (Å²) in [4.78, 5) is 27.3. The molecular formula is C18H14N2O5.